The van der Waals surface area contributed by atoms with Crippen molar-refractivity contribution in [3.8, 4) is 23.3 Å². The van der Waals surface area contributed by atoms with E-state index in [0.29, 0.717) is 35.3 Å². The van der Waals surface area contributed by atoms with Gasteiger partial charge in [0.2, 0.25) is 17.7 Å². The van der Waals surface area contributed by atoms with Crippen molar-refractivity contribution >= 4 is 17.8 Å². The zero-order chi connectivity index (χ0) is 24.2. The van der Waals surface area contributed by atoms with E-state index >= 15 is 0 Å². The summed E-state index contributed by atoms with van der Waals surface area (Å²) >= 11 is 0. The number of phenolic OH excluding ortho intramolecular Hbond substituents is 1. The number of fused-ring (bicyclic) bond motifs is 1. The van der Waals surface area contributed by atoms with Crippen LogP contribution in [0.25, 0.3) is 6.08 Å². The van der Waals surface area contributed by atoms with Crippen molar-refractivity contribution in [2.75, 3.05) is 12.0 Å². The van der Waals surface area contributed by atoms with Crippen molar-refractivity contribution in [1.82, 2.24) is 4.68 Å². The van der Waals surface area contributed by atoms with Gasteiger partial charge in [-0.15, -0.1) is 0 Å². The van der Waals surface area contributed by atoms with Crippen LogP contribution in [0.3, 0.4) is 0 Å². The first-order valence-electron chi connectivity index (χ1n) is 11.0. The summed E-state index contributed by atoms with van der Waals surface area (Å²) in [5.74, 6) is -0.650. The fraction of sp³-hybridized carbons (Fsp3) is 0.231. The quantitative estimate of drug-likeness (QED) is 0.297. The number of benzene rings is 2. The first-order chi connectivity index (χ1) is 16.3. The number of carbonyl (C=O) groups is 2. The second-order valence-corrected chi connectivity index (χ2v) is 8.28. The predicted molar refractivity (Wildman–Crippen MR) is 127 cm³/mol. The highest BCUT2D eigenvalue weighted by atomic mass is 16.5. The Balaban J connectivity index is 1.29. The smallest absolute Gasteiger partial charge is 0.239 e. The van der Waals surface area contributed by atoms with Gasteiger partial charge in [0.05, 0.1) is 12.2 Å². The molecular formula is C26H26N2O6. The number of nitrogens with one attached hydrogen (secondary N) is 1. The average Bonchev–Trinajstić information content (AvgIpc) is 3.06. The number of aromatic nitrogens is 1. The number of amides is 1. The molecule has 1 aromatic heterocycles. The Morgan fingerprint density at radius 3 is 2.59 bits per heavy atom. The maximum Gasteiger partial charge on any atom is 0.239 e. The van der Waals surface area contributed by atoms with Crippen LogP contribution < -0.4 is 10.2 Å². The average molecular weight is 463 g/mol. The molecular weight excluding hydrogens is 436 g/mol. The number of hydrogen-bond donors (Lipinski definition) is 4. The number of nitrogens with zero attached hydrogens (tertiary/aromatic N) is 1. The lowest BCUT2D eigenvalue weighted by Gasteiger charge is -2.11. The minimum absolute atomic E-state index is 0.0878. The van der Waals surface area contributed by atoms with Crippen molar-refractivity contribution < 1.29 is 29.6 Å². The molecule has 2 aromatic carbocycles. The highest BCUT2D eigenvalue weighted by Crippen LogP contribution is 2.38. The fourth-order valence-corrected chi connectivity index (χ4v) is 3.89. The van der Waals surface area contributed by atoms with E-state index in [1.54, 1.807) is 36.4 Å². The van der Waals surface area contributed by atoms with Gasteiger partial charge in [0.15, 0.2) is 5.78 Å². The second kappa shape index (κ2) is 9.74. The summed E-state index contributed by atoms with van der Waals surface area (Å²) in [5, 5.41) is 31.0. The van der Waals surface area contributed by atoms with E-state index in [4.69, 9.17) is 4.74 Å². The molecule has 34 heavy (non-hydrogen) atoms. The van der Waals surface area contributed by atoms with Crippen LogP contribution >= 0.6 is 0 Å². The molecule has 1 aliphatic rings. The van der Waals surface area contributed by atoms with Crippen molar-refractivity contribution in [3.05, 3.63) is 76.9 Å². The third kappa shape index (κ3) is 4.76. The molecule has 1 amide bonds. The molecule has 1 aliphatic carbocycles. The van der Waals surface area contributed by atoms with Crippen LogP contribution in [0.15, 0.2) is 54.6 Å². The summed E-state index contributed by atoms with van der Waals surface area (Å²) in [6.45, 7) is 2.19. The van der Waals surface area contributed by atoms with Crippen LogP contribution in [0.1, 0.15) is 46.8 Å². The molecule has 1 unspecified atom stereocenters. The first-order valence-corrected chi connectivity index (χ1v) is 11.0. The van der Waals surface area contributed by atoms with Gasteiger partial charge >= 0.3 is 0 Å². The number of ketones is 1. The van der Waals surface area contributed by atoms with E-state index in [0.717, 1.165) is 4.68 Å². The Kier molecular flexibility index (Phi) is 6.58. The maximum atomic E-state index is 12.5. The number of aromatic hydroxyl groups is 3. The van der Waals surface area contributed by atoms with Crippen LogP contribution in [0.2, 0.25) is 0 Å². The number of ether oxygens (including phenoxy) is 1. The van der Waals surface area contributed by atoms with Crippen molar-refractivity contribution in [3.63, 3.8) is 0 Å². The van der Waals surface area contributed by atoms with Crippen molar-refractivity contribution in [1.29, 1.82) is 0 Å². The molecule has 4 N–H and O–H groups in total. The predicted octanol–water partition coefficient (Wildman–Crippen LogP) is 3.97. The lowest BCUT2D eigenvalue weighted by atomic mass is 9.93. The Hall–Kier alpha value is -4.20. The van der Waals surface area contributed by atoms with Gasteiger partial charge in [0, 0.05) is 29.2 Å². The molecule has 0 saturated heterocycles. The Labute approximate surface area is 196 Å². The Morgan fingerprint density at radius 1 is 1.09 bits per heavy atom. The molecule has 0 fully saturated rings. The topological polar surface area (TPSA) is 121 Å². The standard InChI is InChI=1S/C26H26N2O6/c1-16-9-11-19-21(14-16)26(33)28(25(19)32)27-23(30)8-5-13-34-18-10-12-20(22(29)15-18)24(31)17-6-3-2-4-7-17/h2-4,6-7,9-12,15-16,29,32-33H,5,8,13-14H2,1H3,(H,27,30). The van der Waals surface area contributed by atoms with E-state index < -0.39 is 5.91 Å². The van der Waals surface area contributed by atoms with Gasteiger partial charge in [-0.25, -0.2) is 0 Å². The molecule has 3 aromatic rings. The summed E-state index contributed by atoms with van der Waals surface area (Å²) in [7, 11) is 0. The third-order valence-corrected chi connectivity index (χ3v) is 5.68. The van der Waals surface area contributed by atoms with Crippen molar-refractivity contribution in [2.24, 2.45) is 5.92 Å². The molecule has 0 radical (unpaired) electrons. The molecule has 0 aliphatic heterocycles. The van der Waals surface area contributed by atoms with Crippen LogP contribution in [0.5, 0.6) is 23.3 Å². The van der Waals surface area contributed by atoms with E-state index in [1.807, 2.05) is 19.1 Å². The van der Waals surface area contributed by atoms with Gasteiger partial charge in [0.25, 0.3) is 0 Å². The highest BCUT2D eigenvalue weighted by Gasteiger charge is 2.25. The molecule has 8 nitrogen and oxygen atoms in total. The highest BCUT2D eigenvalue weighted by molar-refractivity contribution is 6.10. The monoisotopic (exact) mass is 462 g/mol. The summed E-state index contributed by atoms with van der Waals surface area (Å²) in [6, 6.07) is 13.1. The van der Waals surface area contributed by atoms with E-state index in [-0.39, 0.29) is 47.8 Å². The van der Waals surface area contributed by atoms with Crippen LogP contribution in [0.4, 0.5) is 0 Å². The van der Waals surface area contributed by atoms with Gasteiger partial charge in [-0.3, -0.25) is 15.0 Å². The zero-order valence-corrected chi connectivity index (χ0v) is 18.7. The van der Waals surface area contributed by atoms with Gasteiger partial charge < -0.3 is 20.1 Å². The van der Waals surface area contributed by atoms with Gasteiger partial charge in [-0.05, 0) is 30.9 Å². The number of allylic oxidation sites excluding steroid dienone is 1. The lowest BCUT2D eigenvalue weighted by Crippen LogP contribution is -2.22. The van der Waals surface area contributed by atoms with Crippen molar-refractivity contribution in [2.45, 2.75) is 26.2 Å². The van der Waals surface area contributed by atoms with Crippen LogP contribution in [0, 0.1) is 5.92 Å². The van der Waals surface area contributed by atoms with Gasteiger partial charge in [-0.2, -0.15) is 4.68 Å². The Morgan fingerprint density at radius 2 is 1.85 bits per heavy atom. The molecule has 0 saturated carbocycles. The minimum Gasteiger partial charge on any atom is -0.507 e. The lowest BCUT2D eigenvalue weighted by molar-refractivity contribution is -0.117. The molecule has 1 heterocycles. The third-order valence-electron chi connectivity index (χ3n) is 5.68. The molecule has 0 bridgehead atoms. The molecule has 1 atom stereocenters. The number of carbonyl (C=O) groups excluding carboxylic acids is 2. The summed E-state index contributed by atoms with van der Waals surface area (Å²) in [6.07, 6.45) is 4.70. The summed E-state index contributed by atoms with van der Waals surface area (Å²) in [4.78, 5) is 24.8. The van der Waals surface area contributed by atoms with Gasteiger partial charge in [-0.1, -0.05) is 49.4 Å². The number of rotatable bonds is 8. The molecule has 176 valence electrons. The number of hydrogen-bond acceptors (Lipinski definition) is 6. The molecule has 8 heteroatoms. The first kappa shape index (κ1) is 23.0. The normalized spacial score (nSPS) is 14.4. The van der Waals surface area contributed by atoms with E-state index in [9.17, 15) is 24.9 Å². The van der Waals surface area contributed by atoms with Crippen LogP contribution in [-0.2, 0) is 11.2 Å². The Bertz CT molecular complexity index is 1250. The summed E-state index contributed by atoms with van der Waals surface area (Å²) < 4.78 is 6.58. The maximum absolute atomic E-state index is 12.5. The zero-order valence-electron chi connectivity index (χ0n) is 18.7. The van der Waals surface area contributed by atoms with Crippen LogP contribution in [-0.4, -0.2) is 38.3 Å². The molecule has 0 spiro atoms. The second-order valence-electron chi connectivity index (χ2n) is 8.28. The van der Waals surface area contributed by atoms with E-state index in [2.05, 4.69) is 5.43 Å². The van der Waals surface area contributed by atoms with Gasteiger partial charge in [0.1, 0.15) is 11.5 Å². The van der Waals surface area contributed by atoms with E-state index in [1.165, 1.54) is 12.1 Å². The SMILES string of the molecule is CC1C=Cc2c(c(O)n(NC(=O)CCCOc3ccc(C(=O)c4ccccc4)c(O)c3)c2O)C1. The fourth-order valence-electron chi connectivity index (χ4n) is 3.89. The molecule has 4 rings (SSSR count). The minimum atomic E-state index is -0.398. The number of phenols is 1. The summed E-state index contributed by atoms with van der Waals surface area (Å²) in [5.41, 5.74) is 4.27. The largest absolute Gasteiger partial charge is 0.507 e.